The van der Waals surface area contributed by atoms with Crippen LogP contribution in [0.15, 0.2) is 54.6 Å². The summed E-state index contributed by atoms with van der Waals surface area (Å²) >= 11 is 0. The quantitative estimate of drug-likeness (QED) is 0.854. The molecule has 0 spiro atoms. The van der Waals surface area contributed by atoms with E-state index in [9.17, 15) is 0 Å². The third-order valence-corrected chi connectivity index (χ3v) is 4.11. The summed E-state index contributed by atoms with van der Waals surface area (Å²) < 4.78 is 5.63. The Kier molecular flexibility index (Phi) is 4.56. The summed E-state index contributed by atoms with van der Waals surface area (Å²) in [6, 6.07) is 19.8. The van der Waals surface area contributed by atoms with Crippen molar-refractivity contribution in [3.8, 4) is 0 Å². The maximum atomic E-state index is 5.63. The van der Waals surface area contributed by atoms with E-state index in [0.29, 0.717) is 12.1 Å². The van der Waals surface area contributed by atoms with Gasteiger partial charge in [0.2, 0.25) is 0 Å². The molecule has 0 amide bonds. The molecule has 1 aliphatic rings. The Labute approximate surface area is 127 Å². The summed E-state index contributed by atoms with van der Waals surface area (Å²) in [7, 11) is 0. The number of anilines is 1. The van der Waals surface area contributed by atoms with Crippen molar-refractivity contribution in [2.75, 3.05) is 11.9 Å². The second kappa shape index (κ2) is 6.77. The molecule has 21 heavy (non-hydrogen) atoms. The van der Waals surface area contributed by atoms with Gasteiger partial charge in [-0.3, -0.25) is 0 Å². The molecule has 1 fully saturated rings. The van der Waals surface area contributed by atoms with Crippen LogP contribution in [-0.4, -0.2) is 18.8 Å². The summed E-state index contributed by atoms with van der Waals surface area (Å²) in [5.41, 5.74) is 3.98. The molecule has 1 aliphatic carbocycles. The van der Waals surface area contributed by atoms with Gasteiger partial charge in [0.25, 0.3) is 0 Å². The van der Waals surface area contributed by atoms with E-state index in [1.807, 2.05) is 0 Å². The molecule has 2 aromatic rings. The fourth-order valence-corrected chi connectivity index (χ4v) is 2.91. The normalized spacial score (nSPS) is 20.8. The summed E-state index contributed by atoms with van der Waals surface area (Å²) in [5, 5.41) is 3.68. The third kappa shape index (κ3) is 3.64. The van der Waals surface area contributed by atoms with Crippen LogP contribution < -0.4 is 5.32 Å². The van der Waals surface area contributed by atoms with Gasteiger partial charge >= 0.3 is 0 Å². The predicted octanol–water partition coefficient (Wildman–Crippen LogP) is 4.26. The van der Waals surface area contributed by atoms with Crippen molar-refractivity contribution in [2.24, 2.45) is 0 Å². The summed E-state index contributed by atoms with van der Waals surface area (Å²) in [6.07, 6.45) is 3.67. The van der Waals surface area contributed by atoms with Crippen LogP contribution in [0.2, 0.25) is 0 Å². The number of para-hydroxylation sites is 1. The van der Waals surface area contributed by atoms with Crippen molar-refractivity contribution in [1.29, 1.82) is 0 Å². The molecule has 3 rings (SSSR count). The van der Waals surface area contributed by atoms with Crippen LogP contribution in [0.5, 0.6) is 0 Å². The highest BCUT2D eigenvalue weighted by Gasteiger charge is 2.29. The summed E-state index contributed by atoms with van der Waals surface area (Å²) in [4.78, 5) is 0. The van der Waals surface area contributed by atoms with Crippen molar-refractivity contribution in [1.82, 2.24) is 0 Å². The van der Waals surface area contributed by atoms with Crippen molar-refractivity contribution < 1.29 is 4.74 Å². The second-order valence-electron chi connectivity index (χ2n) is 5.71. The highest BCUT2D eigenvalue weighted by Crippen LogP contribution is 2.29. The molecule has 110 valence electrons. The molecule has 0 heterocycles. The molecule has 2 heteroatoms. The Bertz CT molecular complexity index is 561. The van der Waals surface area contributed by atoms with Crippen LogP contribution in [0.4, 0.5) is 5.69 Å². The monoisotopic (exact) mass is 281 g/mol. The zero-order chi connectivity index (χ0) is 14.5. The van der Waals surface area contributed by atoms with Crippen molar-refractivity contribution in [3.05, 3.63) is 65.7 Å². The highest BCUT2D eigenvalue weighted by atomic mass is 16.5. The van der Waals surface area contributed by atoms with E-state index >= 15 is 0 Å². The van der Waals surface area contributed by atoms with Crippen LogP contribution in [0.1, 0.15) is 30.9 Å². The van der Waals surface area contributed by atoms with Gasteiger partial charge < -0.3 is 10.1 Å². The van der Waals surface area contributed by atoms with Gasteiger partial charge in [-0.15, -0.1) is 0 Å². The van der Waals surface area contributed by atoms with Gasteiger partial charge in [-0.1, -0.05) is 48.5 Å². The Morgan fingerprint density at radius 2 is 1.71 bits per heavy atom. The molecule has 0 saturated heterocycles. The number of ether oxygens (including phenoxy) is 1. The SMILES string of the molecule is CCOC1CC(Nc2ccccc2Cc2ccccc2)C1. The maximum Gasteiger partial charge on any atom is 0.0614 e. The van der Waals surface area contributed by atoms with E-state index in [1.54, 1.807) is 0 Å². The number of benzene rings is 2. The van der Waals surface area contributed by atoms with E-state index in [2.05, 4.69) is 66.8 Å². The van der Waals surface area contributed by atoms with Gasteiger partial charge in [-0.2, -0.15) is 0 Å². The van der Waals surface area contributed by atoms with Gasteiger partial charge in [0.15, 0.2) is 0 Å². The Balaban J connectivity index is 1.64. The smallest absolute Gasteiger partial charge is 0.0614 e. The first-order chi connectivity index (χ1) is 10.3. The molecule has 0 radical (unpaired) electrons. The van der Waals surface area contributed by atoms with Crippen LogP contribution >= 0.6 is 0 Å². The molecule has 2 nitrogen and oxygen atoms in total. The fourth-order valence-electron chi connectivity index (χ4n) is 2.91. The van der Waals surface area contributed by atoms with Gasteiger partial charge in [-0.05, 0) is 43.4 Å². The standard InChI is InChI=1S/C19H23NO/c1-2-21-18-13-17(14-18)20-19-11-7-6-10-16(19)12-15-8-4-3-5-9-15/h3-11,17-18,20H,2,12-14H2,1H3. The van der Waals surface area contributed by atoms with Crippen LogP contribution in [0.25, 0.3) is 0 Å². The highest BCUT2D eigenvalue weighted by molar-refractivity contribution is 5.53. The molecular weight excluding hydrogens is 258 g/mol. The van der Waals surface area contributed by atoms with E-state index < -0.39 is 0 Å². The Morgan fingerprint density at radius 3 is 2.48 bits per heavy atom. The van der Waals surface area contributed by atoms with E-state index in [1.165, 1.54) is 16.8 Å². The molecule has 0 atom stereocenters. The molecular formula is C19H23NO. The lowest BCUT2D eigenvalue weighted by Gasteiger charge is -2.36. The number of hydrogen-bond acceptors (Lipinski definition) is 2. The minimum atomic E-state index is 0.453. The van der Waals surface area contributed by atoms with Crippen LogP contribution in [0, 0.1) is 0 Å². The van der Waals surface area contributed by atoms with Crippen molar-refractivity contribution in [3.63, 3.8) is 0 Å². The molecule has 2 aromatic carbocycles. The number of hydrogen-bond donors (Lipinski definition) is 1. The van der Waals surface area contributed by atoms with Crippen molar-refractivity contribution in [2.45, 2.75) is 38.3 Å². The lowest BCUT2D eigenvalue weighted by molar-refractivity contribution is 0.00298. The summed E-state index contributed by atoms with van der Waals surface area (Å²) in [6.45, 7) is 2.89. The first kappa shape index (κ1) is 14.2. The average molecular weight is 281 g/mol. The number of nitrogens with one attached hydrogen (secondary N) is 1. The van der Waals surface area contributed by atoms with E-state index in [-0.39, 0.29) is 0 Å². The van der Waals surface area contributed by atoms with E-state index in [4.69, 9.17) is 4.74 Å². The first-order valence-electron chi connectivity index (χ1n) is 7.85. The molecule has 1 N–H and O–H groups in total. The average Bonchev–Trinajstić information content (AvgIpc) is 2.48. The minimum Gasteiger partial charge on any atom is -0.382 e. The Morgan fingerprint density at radius 1 is 1.00 bits per heavy atom. The van der Waals surface area contributed by atoms with E-state index in [0.717, 1.165) is 25.9 Å². The first-order valence-corrected chi connectivity index (χ1v) is 7.85. The van der Waals surface area contributed by atoms with Crippen molar-refractivity contribution >= 4 is 5.69 Å². The molecule has 0 bridgehead atoms. The van der Waals surface area contributed by atoms with Crippen LogP contribution in [-0.2, 0) is 11.2 Å². The minimum absolute atomic E-state index is 0.453. The zero-order valence-electron chi connectivity index (χ0n) is 12.6. The van der Waals surface area contributed by atoms with Gasteiger partial charge in [0, 0.05) is 18.3 Å². The molecule has 0 aromatic heterocycles. The largest absolute Gasteiger partial charge is 0.382 e. The third-order valence-electron chi connectivity index (χ3n) is 4.11. The van der Waals surface area contributed by atoms with Gasteiger partial charge in [-0.25, -0.2) is 0 Å². The Hall–Kier alpha value is -1.80. The van der Waals surface area contributed by atoms with Crippen LogP contribution in [0.3, 0.4) is 0 Å². The van der Waals surface area contributed by atoms with Gasteiger partial charge in [0.1, 0.15) is 0 Å². The summed E-state index contributed by atoms with van der Waals surface area (Å²) in [5.74, 6) is 0. The predicted molar refractivity (Wildman–Crippen MR) is 87.7 cm³/mol. The number of rotatable bonds is 6. The molecule has 0 unspecified atom stereocenters. The van der Waals surface area contributed by atoms with Gasteiger partial charge in [0.05, 0.1) is 6.10 Å². The zero-order valence-corrected chi connectivity index (χ0v) is 12.6. The fraction of sp³-hybridized carbons (Fsp3) is 0.368. The maximum absolute atomic E-state index is 5.63. The second-order valence-corrected chi connectivity index (χ2v) is 5.71. The lowest BCUT2D eigenvalue weighted by atomic mass is 9.88. The topological polar surface area (TPSA) is 21.3 Å². The lowest BCUT2D eigenvalue weighted by Crippen LogP contribution is -2.41. The molecule has 0 aliphatic heterocycles. The molecule has 1 saturated carbocycles.